The molecule has 0 aliphatic carbocycles. The third-order valence-electron chi connectivity index (χ3n) is 3.13. The fourth-order valence-corrected chi connectivity index (χ4v) is 3.56. The smallest absolute Gasteiger partial charge is 0.233 e. The van der Waals surface area contributed by atoms with Crippen LogP contribution >= 0.6 is 35.0 Å². The highest BCUT2D eigenvalue weighted by atomic mass is 35.5. The first-order valence-electron chi connectivity index (χ1n) is 6.61. The van der Waals surface area contributed by atoms with Crippen LogP contribution in [0.3, 0.4) is 0 Å². The normalized spacial score (nSPS) is 22.4. The van der Waals surface area contributed by atoms with Crippen molar-refractivity contribution in [3.8, 4) is 0 Å². The number of carbonyl (C=O) groups excluding carboxylic acids is 1. The highest BCUT2D eigenvalue weighted by Gasteiger charge is 2.27. The van der Waals surface area contributed by atoms with Gasteiger partial charge in [-0.3, -0.25) is 4.79 Å². The van der Waals surface area contributed by atoms with Gasteiger partial charge >= 0.3 is 0 Å². The molecule has 0 spiro atoms. The molecular weight excluding hydrogens is 333 g/mol. The maximum absolute atomic E-state index is 12.3. The Kier molecular flexibility index (Phi) is 6.20. The average molecular weight is 350 g/mol. The number of hydrogen-bond acceptors (Lipinski definition) is 4. The molecule has 1 aliphatic rings. The van der Waals surface area contributed by atoms with Crippen molar-refractivity contribution in [1.82, 2.24) is 4.90 Å². The fourth-order valence-electron chi connectivity index (χ4n) is 2.17. The average Bonchev–Trinajstić information content (AvgIpc) is 2.47. The summed E-state index contributed by atoms with van der Waals surface area (Å²) >= 11 is 13.4. The Bertz CT molecular complexity index is 515. The van der Waals surface area contributed by atoms with E-state index in [4.69, 9.17) is 27.9 Å². The zero-order valence-corrected chi connectivity index (χ0v) is 13.9. The Hall–Kier alpha value is -0.460. The molecule has 0 aromatic heterocycles. The van der Waals surface area contributed by atoms with Gasteiger partial charge < -0.3 is 14.7 Å². The first-order chi connectivity index (χ1) is 9.99. The minimum absolute atomic E-state index is 0.00430. The molecule has 0 saturated carbocycles. The Morgan fingerprint density at radius 3 is 2.95 bits per heavy atom. The molecule has 1 fully saturated rings. The standard InChI is InChI=1S/C14H17Cl2NO3S/c1-9-5-17(6-11(7-18)20-9)14(19)8-21-13-4-10(15)2-3-12(13)16/h2-4,9,11,18H,5-8H2,1H3. The molecule has 1 aromatic carbocycles. The molecule has 1 aromatic rings. The lowest BCUT2D eigenvalue weighted by Gasteiger charge is -2.36. The minimum atomic E-state index is -0.308. The Labute approximate surface area is 138 Å². The van der Waals surface area contributed by atoms with Gasteiger partial charge in [0.05, 0.1) is 29.6 Å². The number of carbonyl (C=O) groups is 1. The van der Waals surface area contributed by atoms with E-state index in [9.17, 15) is 9.90 Å². The van der Waals surface area contributed by atoms with Gasteiger partial charge in [0, 0.05) is 23.0 Å². The molecule has 7 heteroatoms. The highest BCUT2D eigenvalue weighted by Crippen LogP contribution is 2.30. The Balaban J connectivity index is 1.93. The second-order valence-corrected chi connectivity index (χ2v) is 6.77. The SMILES string of the molecule is CC1CN(C(=O)CSc2cc(Cl)ccc2Cl)CC(CO)O1. The summed E-state index contributed by atoms with van der Waals surface area (Å²) in [6, 6.07) is 5.18. The third kappa shape index (κ3) is 4.76. The van der Waals surface area contributed by atoms with Crippen LogP contribution in [0.25, 0.3) is 0 Å². The van der Waals surface area contributed by atoms with E-state index in [-0.39, 0.29) is 30.5 Å². The van der Waals surface area contributed by atoms with E-state index in [2.05, 4.69) is 0 Å². The number of nitrogens with zero attached hydrogens (tertiary/aromatic N) is 1. The Morgan fingerprint density at radius 2 is 2.24 bits per heavy atom. The topological polar surface area (TPSA) is 49.8 Å². The van der Waals surface area contributed by atoms with Crippen LogP contribution in [0.4, 0.5) is 0 Å². The van der Waals surface area contributed by atoms with Gasteiger partial charge in [0.2, 0.25) is 5.91 Å². The van der Waals surface area contributed by atoms with Crippen LogP contribution in [0.2, 0.25) is 10.0 Å². The molecule has 0 radical (unpaired) electrons. The van der Waals surface area contributed by atoms with Crippen molar-refractivity contribution in [3.05, 3.63) is 28.2 Å². The van der Waals surface area contributed by atoms with Crippen molar-refractivity contribution >= 4 is 40.9 Å². The molecule has 2 unspecified atom stereocenters. The molecule has 2 atom stereocenters. The van der Waals surface area contributed by atoms with Crippen molar-refractivity contribution < 1.29 is 14.6 Å². The van der Waals surface area contributed by atoms with Crippen molar-refractivity contribution in [1.29, 1.82) is 0 Å². The predicted molar refractivity (Wildman–Crippen MR) is 85.2 cm³/mol. The summed E-state index contributed by atoms with van der Waals surface area (Å²) in [5, 5.41) is 10.4. The largest absolute Gasteiger partial charge is 0.394 e. The number of halogens is 2. The van der Waals surface area contributed by atoms with Crippen LogP contribution in [-0.2, 0) is 9.53 Å². The van der Waals surface area contributed by atoms with Crippen LogP contribution in [0.5, 0.6) is 0 Å². The highest BCUT2D eigenvalue weighted by molar-refractivity contribution is 8.00. The van der Waals surface area contributed by atoms with Crippen LogP contribution in [0, 0.1) is 0 Å². The first kappa shape index (κ1) is 16.9. The summed E-state index contributed by atoms with van der Waals surface area (Å²) in [4.78, 5) is 14.8. The van der Waals surface area contributed by atoms with Gasteiger partial charge in [0.25, 0.3) is 0 Å². The quantitative estimate of drug-likeness (QED) is 0.849. The van der Waals surface area contributed by atoms with E-state index in [1.165, 1.54) is 11.8 Å². The molecule has 4 nitrogen and oxygen atoms in total. The van der Waals surface area contributed by atoms with E-state index in [0.717, 1.165) is 4.90 Å². The van der Waals surface area contributed by atoms with Gasteiger partial charge in [-0.25, -0.2) is 0 Å². The van der Waals surface area contributed by atoms with Gasteiger partial charge in [-0.1, -0.05) is 23.2 Å². The van der Waals surface area contributed by atoms with Gasteiger partial charge in [-0.15, -0.1) is 11.8 Å². The fraction of sp³-hybridized carbons (Fsp3) is 0.500. The number of hydrogen-bond donors (Lipinski definition) is 1. The molecule has 1 saturated heterocycles. The lowest BCUT2D eigenvalue weighted by molar-refractivity contribution is -0.144. The number of rotatable bonds is 4. The summed E-state index contributed by atoms with van der Waals surface area (Å²) in [6.07, 6.45) is -0.378. The number of aliphatic hydroxyl groups excluding tert-OH is 1. The van der Waals surface area contributed by atoms with Gasteiger partial charge in [0.15, 0.2) is 0 Å². The number of benzene rings is 1. The lowest BCUT2D eigenvalue weighted by atomic mass is 10.2. The monoisotopic (exact) mass is 349 g/mol. The molecule has 1 N–H and O–H groups in total. The van der Waals surface area contributed by atoms with Crippen LogP contribution in [0.15, 0.2) is 23.1 Å². The van der Waals surface area contributed by atoms with E-state index in [1.807, 2.05) is 6.92 Å². The molecule has 1 heterocycles. The molecule has 1 amide bonds. The molecule has 21 heavy (non-hydrogen) atoms. The maximum atomic E-state index is 12.3. The molecule has 2 rings (SSSR count). The van der Waals surface area contributed by atoms with Crippen LogP contribution < -0.4 is 0 Å². The second kappa shape index (κ2) is 7.70. The van der Waals surface area contributed by atoms with Crippen molar-refractivity contribution in [3.63, 3.8) is 0 Å². The number of ether oxygens (including phenoxy) is 1. The van der Waals surface area contributed by atoms with Crippen molar-refractivity contribution in [2.75, 3.05) is 25.4 Å². The number of amides is 1. The summed E-state index contributed by atoms with van der Waals surface area (Å²) in [5.41, 5.74) is 0. The lowest BCUT2D eigenvalue weighted by Crippen LogP contribution is -2.50. The predicted octanol–water partition coefficient (Wildman–Crippen LogP) is 2.69. The molecular formula is C14H17Cl2NO3S. The third-order valence-corrected chi connectivity index (χ3v) is 4.84. The second-order valence-electron chi connectivity index (χ2n) is 4.91. The zero-order chi connectivity index (χ0) is 15.4. The van der Waals surface area contributed by atoms with Crippen molar-refractivity contribution in [2.24, 2.45) is 0 Å². The van der Waals surface area contributed by atoms with E-state index >= 15 is 0 Å². The summed E-state index contributed by atoms with van der Waals surface area (Å²) in [7, 11) is 0. The van der Waals surface area contributed by atoms with E-state index in [0.29, 0.717) is 23.1 Å². The minimum Gasteiger partial charge on any atom is -0.394 e. The maximum Gasteiger partial charge on any atom is 0.233 e. The summed E-state index contributed by atoms with van der Waals surface area (Å²) in [5.74, 6) is 0.287. The summed E-state index contributed by atoms with van der Waals surface area (Å²) < 4.78 is 5.52. The first-order valence-corrected chi connectivity index (χ1v) is 8.35. The van der Waals surface area contributed by atoms with Crippen LogP contribution in [-0.4, -0.2) is 53.6 Å². The number of morpholine rings is 1. The molecule has 0 bridgehead atoms. The molecule has 1 aliphatic heterocycles. The van der Waals surface area contributed by atoms with E-state index < -0.39 is 0 Å². The summed E-state index contributed by atoms with van der Waals surface area (Å²) in [6.45, 7) is 2.77. The molecule has 116 valence electrons. The van der Waals surface area contributed by atoms with Crippen molar-refractivity contribution in [2.45, 2.75) is 24.0 Å². The zero-order valence-electron chi connectivity index (χ0n) is 11.6. The van der Waals surface area contributed by atoms with Gasteiger partial charge in [-0.2, -0.15) is 0 Å². The number of thioether (sulfide) groups is 1. The van der Waals surface area contributed by atoms with Gasteiger partial charge in [-0.05, 0) is 25.1 Å². The number of aliphatic hydroxyl groups is 1. The van der Waals surface area contributed by atoms with Gasteiger partial charge in [0.1, 0.15) is 0 Å². The van der Waals surface area contributed by atoms with E-state index in [1.54, 1.807) is 23.1 Å². The van der Waals surface area contributed by atoms with Crippen LogP contribution in [0.1, 0.15) is 6.92 Å². The Morgan fingerprint density at radius 1 is 1.48 bits per heavy atom.